The van der Waals surface area contributed by atoms with Crippen molar-refractivity contribution < 1.29 is 4.84 Å². The average molecular weight is 160 g/mol. The minimum absolute atomic E-state index is 0.104. The second-order valence-corrected chi connectivity index (χ2v) is 3.80. The van der Waals surface area contributed by atoms with Crippen molar-refractivity contribution in [2.45, 2.75) is 45.8 Å². The highest BCUT2D eigenvalue weighted by Gasteiger charge is 2.09. The van der Waals surface area contributed by atoms with E-state index in [0.717, 1.165) is 13.0 Å². The van der Waals surface area contributed by atoms with E-state index in [1.807, 2.05) is 27.7 Å². The van der Waals surface area contributed by atoms with E-state index in [9.17, 15) is 0 Å². The summed E-state index contributed by atoms with van der Waals surface area (Å²) in [5.74, 6) is 0. The second kappa shape index (κ2) is 4.70. The van der Waals surface area contributed by atoms with Gasteiger partial charge in [-0.05, 0) is 34.1 Å². The summed E-state index contributed by atoms with van der Waals surface area (Å²) < 4.78 is 0. The lowest BCUT2D eigenvalue weighted by molar-refractivity contribution is -0.00705. The summed E-state index contributed by atoms with van der Waals surface area (Å²) in [6.45, 7) is 8.79. The zero-order valence-corrected chi connectivity index (χ0v) is 7.98. The predicted molar refractivity (Wildman–Crippen MR) is 47.1 cm³/mol. The van der Waals surface area contributed by atoms with Crippen LogP contribution in [-0.2, 0) is 4.84 Å². The lowest BCUT2D eigenvalue weighted by Gasteiger charge is -2.18. The fourth-order valence-corrected chi connectivity index (χ4v) is 0.599. The first-order chi connectivity index (χ1) is 4.92. The normalized spacial score (nSPS) is 12.5. The van der Waals surface area contributed by atoms with Crippen molar-refractivity contribution in [3.63, 3.8) is 0 Å². The van der Waals surface area contributed by atoms with Gasteiger partial charge in [0.2, 0.25) is 0 Å². The summed E-state index contributed by atoms with van der Waals surface area (Å²) >= 11 is 0. The van der Waals surface area contributed by atoms with Gasteiger partial charge in [-0.15, -0.1) is 0 Å². The maximum Gasteiger partial charge on any atom is 0.0734 e. The molecule has 0 bridgehead atoms. The topological polar surface area (TPSA) is 47.3 Å². The van der Waals surface area contributed by atoms with Gasteiger partial charge in [0, 0.05) is 12.1 Å². The van der Waals surface area contributed by atoms with E-state index in [-0.39, 0.29) is 11.6 Å². The van der Waals surface area contributed by atoms with Crippen LogP contribution >= 0.6 is 0 Å². The molecule has 0 atom stereocenters. The summed E-state index contributed by atoms with van der Waals surface area (Å²) in [6, 6.07) is 0. The molecule has 0 aromatic carbocycles. The lowest BCUT2D eigenvalue weighted by atomic mass is 10.0. The van der Waals surface area contributed by atoms with Crippen molar-refractivity contribution in [3.8, 4) is 0 Å². The summed E-state index contributed by atoms with van der Waals surface area (Å²) in [7, 11) is 0. The molecular weight excluding hydrogens is 140 g/mol. The molecule has 0 aliphatic heterocycles. The van der Waals surface area contributed by atoms with Crippen LogP contribution in [0.3, 0.4) is 0 Å². The van der Waals surface area contributed by atoms with Gasteiger partial charge in [0.1, 0.15) is 0 Å². The highest BCUT2D eigenvalue weighted by Crippen LogP contribution is 2.00. The van der Waals surface area contributed by atoms with Gasteiger partial charge >= 0.3 is 0 Å². The van der Waals surface area contributed by atoms with Crippen LogP contribution in [0.1, 0.15) is 34.1 Å². The molecule has 0 aromatic heterocycles. The van der Waals surface area contributed by atoms with Gasteiger partial charge in [-0.25, -0.2) is 5.48 Å². The summed E-state index contributed by atoms with van der Waals surface area (Å²) in [4.78, 5) is 5.13. The highest BCUT2D eigenvalue weighted by molar-refractivity contribution is 4.71. The molecule has 0 radical (unpaired) electrons. The molecule has 0 unspecified atom stereocenters. The van der Waals surface area contributed by atoms with Crippen molar-refractivity contribution in [1.29, 1.82) is 0 Å². The minimum atomic E-state index is -0.104. The molecule has 0 aromatic rings. The smallest absolute Gasteiger partial charge is 0.0734 e. The first-order valence-corrected chi connectivity index (χ1v) is 4.09. The molecule has 0 aliphatic rings. The Hall–Kier alpha value is -0.120. The van der Waals surface area contributed by atoms with Crippen LogP contribution in [-0.4, -0.2) is 18.2 Å². The Balaban J connectivity index is 3.15. The molecule has 3 heteroatoms. The Kier molecular flexibility index (Phi) is 4.65. The van der Waals surface area contributed by atoms with Crippen molar-refractivity contribution in [1.82, 2.24) is 5.48 Å². The Labute approximate surface area is 69.3 Å². The third kappa shape index (κ3) is 9.88. The van der Waals surface area contributed by atoms with Crippen LogP contribution in [0.5, 0.6) is 0 Å². The summed E-state index contributed by atoms with van der Waals surface area (Å²) in [5, 5.41) is 0. The number of hydrogen-bond donors (Lipinski definition) is 2. The van der Waals surface area contributed by atoms with E-state index in [0.29, 0.717) is 0 Å². The van der Waals surface area contributed by atoms with E-state index in [2.05, 4.69) is 5.48 Å². The van der Waals surface area contributed by atoms with Crippen LogP contribution in [0.15, 0.2) is 0 Å². The maximum atomic E-state index is 5.76. The molecule has 0 spiro atoms. The van der Waals surface area contributed by atoms with E-state index < -0.39 is 0 Å². The molecule has 0 heterocycles. The van der Waals surface area contributed by atoms with Crippen molar-refractivity contribution in [3.05, 3.63) is 0 Å². The molecule has 11 heavy (non-hydrogen) atoms. The first-order valence-electron chi connectivity index (χ1n) is 4.09. The van der Waals surface area contributed by atoms with E-state index in [4.69, 9.17) is 10.6 Å². The predicted octanol–water partition coefficient (Wildman–Crippen LogP) is 1.04. The van der Waals surface area contributed by atoms with Gasteiger partial charge in [0.15, 0.2) is 0 Å². The van der Waals surface area contributed by atoms with Crippen molar-refractivity contribution in [2.24, 2.45) is 5.73 Å². The summed E-state index contributed by atoms with van der Waals surface area (Å²) in [5.41, 5.74) is 8.51. The molecular formula is C8H20N2O. The molecule has 0 fully saturated rings. The number of rotatable bonds is 5. The van der Waals surface area contributed by atoms with Gasteiger partial charge in [-0.1, -0.05) is 0 Å². The van der Waals surface area contributed by atoms with Crippen molar-refractivity contribution >= 4 is 0 Å². The first kappa shape index (κ1) is 10.9. The van der Waals surface area contributed by atoms with Crippen molar-refractivity contribution in [2.75, 3.05) is 6.54 Å². The Bertz CT molecular complexity index is 96.8. The van der Waals surface area contributed by atoms with E-state index in [1.54, 1.807) is 0 Å². The molecule has 3 nitrogen and oxygen atoms in total. The number of nitrogens with one attached hydrogen (secondary N) is 1. The van der Waals surface area contributed by atoms with Crippen LogP contribution in [0.2, 0.25) is 0 Å². The molecule has 68 valence electrons. The summed E-state index contributed by atoms with van der Waals surface area (Å²) in [6.07, 6.45) is 1.15. The highest BCUT2D eigenvalue weighted by atomic mass is 16.7. The second-order valence-electron chi connectivity index (χ2n) is 3.80. The quantitative estimate of drug-likeness (QED) is 0.466. The van der Waals surface area contributed by atoms with E-state index >= 15 is 0 Å². The zero-order chi connectivity index (χ0) is 8.91. The van der Waals surface area contributed by atoms with Crippen LogP contribution in [0.4, 0.5) is 0 Å². The Morgan fingerprint density at radius 1 is 1.45 bits per heavy atom. The van der Waals surface area contributed by atoms with Crippen LogP contribution in [0, 0.1) is 0 Å². The van der Waals surface area contributed by atoms with Gasteiger partial charge in [0.05, 0.1) is 6.10 Å². The third-order valence-electron chi connectivity index (χ3n) is 1.19. The molecule has 0 saturated carbocycles. The SMILES string of the molecule is CC(C)ONCCC(C)(C)N. The fourth-order valence-electron chi connectivity index (χ4n) is 0.599. The van der Waals surface area contributed by atoms with Gasteiger partial charge in [0.25, 0.3) is 0 Å². The maximum absolute atomic E-state index is 5.76. The van der Waals surface area contributed by atoms with Gasteiger partial charge in [-0.3, -0.25) is 4.84 Å². The third-order valence-corrected chi connectivity index (χ3v) is 1.19. The standard InChI is InChI=1S/C8H20N2O/c1-7(2)11-10-6-5-8(3,4)9/h7,10H,5-6,9H2,1-4H3. The van der Waals surface area contributed by atoms with Crippen LogP contribution < -0.4 is 11.2 Å². The molecule has 3 N–H and O–H groups in total. The van der Waals surface area contributed by atoms with E-state index in [1.165, 1.54) is 0 Å². The monoisotopic (exact) mass is 160 g/mol. The van der Waals surface area contributed by atoms with Crippen LogP contribution in [0.25, 0.3) is 0 Å². The average Bonchev–Trinajstić information content (AvgIpc) is 1.78. The van der Waals surface area contributed by atoms with Gasteiger partial charge in [-0.2, -0.15) is 0 Å². The van der Waals surface area contributed by atoms with Gasteiger partial charge < -0.3 is 5.73 Å². The molecule has 0 rings (SSSR count). The number of hydrogen-bond acceptors (Lipinski definition) is 3. The fraction of sp³-hybridized carbons (Fsp3) is 1.00. The Morgan fingerprint density at radius 3 is 2.36 bits per heavy atom. The largest absolute Gasteiger partial charge is 0.326 e. The molecule has 0 aliphatic carbocycles. The Morgan fingerprint density at radius 2 is 2.00 bits per heavy atom. The number of nitrogens with two attached hydrogens (primary N) is 1. The number of hydroxylamine groups is 1. The molecule has 0 saturated heterocycles. The lowest BCUT2D eigenvalue weighted by Crippen LogP contribution is -2.36. The molecule has 0 amide bonds. The minimum Gasteiger partial charge on any atom is -0.326 e. The zero-order valence-electron chi connectivity index (χ0n) is 7.98.